The van der Waals surface area contributed by atoms with Crippen LogP contribution in [0.2, 0.25) is 0 Å². The molecule has 0 radical (unpaired) electrons. The van der Waals surface area contributed by atoms with Crippen molar-refractivity contribution in [3.05, 3.63) is 29.8 Å². The van der Waals surface area contributed by atoms with Crippen molar-refractivity contribution < 1.29 is 48.1 Å². The van der Waals surface area contributed by atoms with Gasteiger partial charge in [0.2, 0.25) is 24.0 Å². The average molecular weight is 748 g/mol. The van der Waals surface area contributed by atoms with Gasteiger partial charge in [0.15, 0.2) is 0 Å². The van der Waals surface area contributed by atoms with E-state index >= 15 is 0 Å². The first-order valence-corrected chi connectivity index (χ1v) is 18.7. The number of hydroxylamine groups is 1. The first kappa shape index (κ1) is 43.6. The van der Waals surface area contributed by atoms with Crippen molar-refractivity contribution in [1.29, 1.82) is 0 Å². The van der Waals surface area contributed by atoms with Gasteiger partial charge in [-0.15, -0.1) is 0 Å². The van der Waals surface area contributed by atoms with Gasteiger partial charge in [-0.2, -0.15) is 5.48 Å². The van der Waals surface area contributed by atoms with Gasteiger partial charge >= 0.3 is 11.9 Å². The Hall–Kier alpha value is -3.79. The predicted octanol–water partition coefficient (Wildman–Crippen LogP) is 2.07. The third kappa shape index (κ3) is 11.8. The Labute approximate surface area is 313 Å². The van der Waals surface area contributed by atoms with E-state index in [9.17, 15) is 29.1 Å². The second kappa shape index (κ2) is 20.0. The van der Waals surface area contributed by atoms with E-state index in [2.05, 4.69) is 10.8 Å². The molecule has 0 bridgehead atoms. The minimum Gasteiger partial charge on any atom is -0.497 e. The third-order valence-electron chi connectivity index (χ3n) is 10.1. The molecule has 298 valence electrons. The van der Waals surface area contributed by atoms with Gasteiger partial charge in [-0.25, -0.2) is 4.79 Å². The first-order chi connectivity index (χ1) is 25.0. The SMILES string of the molecule is CC[C@H](C)[C@H]1NC(=O)[C@@H](N)[C@@H](C)OC(=O)[C@H](Cc2ccc(OC)cc2)N(C)C(=O)[C@@H]2CCCN2C(=O)[C@H](CC(C)C)NO[C@H](C(C)C)OC(=O)C[C@@H]1O. The van der Waals surface area contributed by atoms with Crippen LogP contribution in [0.15, 0.2) is 24.3 Å². The van der Waals surface area contributed by atoms with Crippen LogP contribution in [-0.2, 0) is 44.7 Å². The van der Waals surface area contributed by atoms with Crippen molar-refractivity contribution in [3.63, 3.8) is 0 Å². The maximum absolute atomic E-state index is 14.3. The fraction of sp³-hybridized carbons (Fsp3) is 0.711. The van der Waals surface area contributed by atoms with E-state index in [1.165, 1.54) is 23.8 Å². The Morgan fingerprint density at radius 1 is 1.02 bits per heavy atom. The summed E-state index contributed by atoms with van der Waals surface area (Å²) in [7, 11) is 3.04. The Morgan fingerprint density at radius 2 is 1.68 bits per heavy atom. The number of aliphatic hydroxyl groups excluding tert-OH is 1. The highest BCUT2D eigenvalue weighted by Crippen LogP contribution is 2.25. The fourth-order valence-electron chi connectivity index (χ4n) is 6.51. The fourth-order valence-corrected chi connectivity index (χ4v) is 6.51. The molecule has 53 heavy (non-hydrogen) atoms. The number of amides is 3. The van der Waals surface area contributed by atoms with Gasteiger partial charge in [-0.1, -0.05) is 60.1 Å². The molecule has 9 atom stereocenters. The Bertz CT molecular complexity index is 1390. The molecule has 5 N–H and O–H groups in total. The molecule has 2 aliphatic rings. The number of fused-ring (bicyclic) bond motifs is 1. The number of rotatable bonds is 8. The van der Waals surface area contributed by atoms with Gasteiger partial charge in [-0.3, -0.25) is 24.0 Å². The van der Waals surface area contributed by atoms with E-state index in [4.69, 9.17) is 24.8 Å². The number of benzene rings is 1. The number of esters is 2. The Balaban J connectivity index is 2.06. The second-order valence-electron chi connectivity index (χ2n) is 15.1. The van der Waals surface area contributed by atoms with E-state index in [1.54, 1.807) is 45.2 Å². The van der Waals surface area contributed by atoms with Crippen molar-refractivity contribution in [2.45, 2.75) is 136 Å². The van der Waals surface area contributed by atoms with E-state index in [0.29, 0.717) is 43.5 Å². The molecular weight excluding hydrogens is 686 g/mol. The topological polar surface area (TPSA) is 199 Å². The van der Waals surface area contributed by atoms with Gasteiger partial charge in [0.25, 0.3) is 0 Å². The number of ether oxygens (including phenoxy) is 3. The molecule has 0 aromatic heterocycles. The zero-order valence-corrected chi connectivity index (χ0v) is 32.7. The average Bonchev–Trinajstić information content (AvgIpc) is 3.61. The summed E-state index contributed by atoms with van der Waals surface area (Å²) in [5.41, 5.74) is 9.87. The van der Waals surface area contributed by atoms with Gasteiger partial charge in [-0.05, 0) is 55.7 Å². The summed E-state index contributed by atoms with van der Waals surface area (Å²) >= 11 is 0. The zero-order valence-electron chi connectivity index (χ0n) is 32.7. The molecule has 0 aliphatic carbocycles. The summed E-state index contributed by atoms with van der Waals surface area (Å²) in [6.45, 7) is 12.9. The van der Waals surface area contributed by atoms with Crippen LogP contribution in [0.4, 0.5) is 0 Å². The molecule has 3 amide bonds. The van der Waals surface area contributed by atoms with E-state index < -0.39 is 78.9 Å². The molecule has 1 aromatic rings. The number of hydrogen-bond donors (Lipinski definition) is 4. The number of methoxy groups -OCH3 is 1. The molecule has 2 saturated heterocycles. The predicted molar refractivity (Wildman–Crippen MR) is 196 cm³/mol. The van der Waals surface area contributed by atoms with Crippen molar-refractivity contribution in [2.24, 2.45) is 23.5 Å². The van der Waals surface area contributed by atoms with Crippen molar-refractivity contribution in [2.75, 3.05) is 20.7 Å². The first-order valence-electron chi connectivity index (χ1n) is 18.7. The summed E-state index contributed by atoms with van der Waals surface area (Å²) in [5.74, 6) is -3.05. The number of hydrogen-bond acceptors (Lipinski definition) is 12. The highest BCUT2D eigenvalue weighted by molar-refractivity contribution is 5.92. The molecule has 3 rings (SSSR count). The molecule has 2 fully saturated rings. The summed E-state index contributed by atoms with van der Waals surface area (Å²) in [5, 5.41) is 14.0. The molecule has 0 spiro atoms. The summed E-state index contributed by atoms with van der Waals surface area (Å²) in [6.07, 6.45) is -2.17. The number of nitrogens with zero attached hydrogens (tertiary/aromatic N) is 2. The maximum Gasteiger partial charge on any atom is 0.329 e. The number of nitrogens with two attached hydrogens (primary N) is 1. The lowest BCUT2D eigenvalue weighted by molar-refractivity contribution is -0.214. The Morgan fingerprint density at radius 3 is 2.26 bits per heavy atom. The number of carbonyl (C=O) groups excluding carboxylic acids is 5. The number of carbonyl (C=O) groups is 5. The lowest BCUT2D eigenvalue weighted by Gasteiger charge is -2.35. The van der Waals surface area contributed by atoms with Crippen LogP contribution in [0.3, 0.4) is 0 Å². The molecule has 2 heterocycles. The minimum atomic E-state index is -1.35. The van der Waals surface area contributed by atoms with Gasteiger partial charge in [0, 0.05) is 25.9 Å². The van der Waals surface area contributed by atoms with Crippen molar-refractivity contribution >= 4 is 29.7 Å². The van der Waals surface area contributed by atoms with Crippen LogP contribution in [0.25, 0.3) is 0 Å². The molecule has 1 aromatic carbocycles. The lowest BCUT2D eigenvalue weighted by atomic mass is 9.92. The Kier molecular flexibility index (Phi) is 16.5. The highest BCUT2D eigenvalue weighted by atomic mass is 16.8. The zero-order chi connectivity index (χ0) is 39.6. The number of likely N-dealkylation sites (N-methyl/N-ethyl adjacent to an activating group) is 1. The smallest absolute Gasteiger partial charge is 0.329 e. The van der Waals surface area contributed by atoms with Crippen LogP contribution < -0.4 is 21.3 Å². The third-order valence-corrected chi connectivity index (χ3v) is 10.1. The monoisotopic (exact) mass is 747 g/mol. The van der Waals surface area contributed by atoms with Gasteiger partial charge in [0.05, 0.1) is 25.7 Å². The second-order valence-corrected chi connectivity index (χ2v) is 15.1. The quantitative estimate of drug-likeness (QED) is 0.283. The van der Waals surface area contributed by atoms with Gasteiger partial charge in [0.1, 0.15) is 36.0 Å². The van der Waals surface area contributed by atoms with Crippen LogP contribution in [0.5, 0.6) is 5.75 Å². The molecule has 2 aliphatic heterocycles. The summed E-state index contributed by atoms with van der Waals surface area (Å²) in [6, 6.07) is 1.89. The molecule has 0 unspecified atom stereocenters. The molecule has 0 saturated carbocycles. The van der Waals surface area contributed by atoms with Crippen molar-refractivity contribution in [1.82, 2.24) is 20.6 Å². The summed E-state index contributed by atoms with van der Waals surface area (Å²) < 4.78 is 16.7. The highest BCUT2D eigenvalue weighted by Gasteiger charge is 2.42. The van der Waals surface area contributed by atoms with Crippen LogP contribution in [0.1, 0.15) is 86.1 Å². The van der Waals surface area contributed by atoms with Gasteiger partial charge < -0.3 is 40.2 Å². The number of cyclic esters (lactones) is 2. The van der Waals surface area contributed by atoms with Crippen molar-refractivity contribution in [3.8, 4) is 5.75 Å². The molecule has 15 heteroatoms. The molecule has 15 nitrogen and oxygen atoms in total. The van der Waals surface area contributed by atoms with E-state index in [-0.39, 0.29) is 30.1 Å². The van der Waals surface area contributed by atoms with E-state index in [1.807, 2.05) is 27.7 Å². The largest absolute Gasteiger partial charge is 0.497 e. The standard InChI is InChI=1S/C38H61N5O10/c1-10-23(6)33-30(44)20-31(45)52-38(22(4)5)53-41-27(18-21(2)3)35(47)43-17-11-12-28(43)36(48)42(8)29(19-25-13-15-26(50-9)16-14-25)37(49)51-24(7)32(39)34(46)40-33/h13-16,21-24,27-30,32-33,38,41,44H,10-12,17-20,39H2,1-9H3,(H,40,46)/t23-,24+,27-,28-,29-,30-,32-,33+,38+/m0/s1. The van der Waals surface area contributed by atoms with Crippen LogP contribution in [-0.4, -0.2) is 114 Å². The normalized spacial score (nSPS) is 29.6. The lowest BCUT2D eigenvalue weighted by Crippen LogP contribution is -2.57. The minimum absolute atomic E-state index is 0.0499. The number of nitrogens with one attached hydrogen (secondary N) is 2. The summed E-state index contributed by atoms with van der Waals surface area (Å²) in [4.78, 5) is 77.7. The number of aliphatic hydroxyl groups is 1. The molecular formula is C38H61N5O10. The maximum atomic E-state index is 14.3. The van der Waals surface area contributed by atoms with Crippen LogP contribution in [0, 0.1) is 17.8 Å². The van der Waals surface area contributed by atoms with Crippen LogP contribution >= 0.6 is 0 Å². The van der Waals surface area contributed by atoms with E-state index in [0.717, 1.165) is 0 Å².